The summed E-state index contributed by atoms with van der Waals surface area (Å²) in [5.74, 6) is -5.06. The van der Waals surface area contributed by atoms with Crippen molar-refractivity contribution in [3.8, 4) is 0 Å². The highest BCUT2D eigenvalue weighted by Crippen LogP contribution is 2.48. The summed E-state index contributed by atoms with van der Waals surface area (Å²) in [7, 11) is 0. The van der Waals surface area contributed by atoms with Crippen LogP contribution in [0.2, 0.25) is 5.22 Å². The molecule has 2 heterocycles. The van der Waals surface area contributed by atoms with E-state index in [9.17, 15) is 18.3 Å². The van der Waals surface area contributed by atoms with Gasteiger partial charge in [0.1, 0.15) is 11.6 Å². The molecule has 1 aliphatic heterocycles. The van der Waals surface area contributed by atoms with E-state index in [4.69, 9.17) is 16.0 Å². The summed E-state index contributed by atoms with van der Waals surface area (Å²) in [6.45, 7) is 0. The van der Waals surface area contributed by atoms with Gasteiger partial charge in [0.15, 0.2) is 11.0 Å². The van der Waals surface area contributed by atoms with Crippen molar-refractivity contribution < 1.29 is 27.5 Å². The average molecular weight is 332 g/mol. The van der Waals surface area contributed by atoms with Gasteiger partial charge in [0.05, 0.1) is 0 Å². The fraction of sp³-hybridized carbons (Fsp3) is 0.214. The Morgan fingerprint density at radius 3 is 2.36 bits per heavy atom. The minimum absolute atomic E-state index is 0.000900. The molecule has 0 saturated heterocycles. The van der Waals surface area contributed by atoms with Crippen LogP contribution in [-0.4, -0.2) is 22.8 Å². The first kappa shape index (κ1) is 14.9. The maximum atomic E-state index is 13.3. The van der Waals surface area contributed by atoms with E-state index in [-0.39, 0.29) is 22.3 Å². The van der Waals surface area contributed by atoms with Crippen LogP contribution in [0.1, 0.15) is 17.2 Å². The molecule has 0 fully saturated rings. The van der Waals surface area contributed by atoms with Crippen LogP contribution >= 0.6 is 11.6 Å². The highest BCUT2D eigenvalue weighted by atomic mass is 35.5. The van der Waals surface area contributed by atoms with Crippen LogP contribution in [0.4, 0.5) is 13.2 Å². The lowest BCUT2D eigenvalue weighted by atomic mass is 9.85. The van der Waals surface area contributed by atoms with Crippen molar-refractivity contribution in [1.82, 2.24) is 0 Å². The summed E-state index contributed by atoms with van der Waals surface area (Å²) >= 11 is 5.65. The molecule has 2 unspecified atom stereocenters. The molecule has 0 radical (unpaired) electrons. The minimum Gasteiger partial charge on any atom is -0.443 e. The molecule has 0 spiro atoms. The molecule has 2 aromatic rings. The molecule has 116 valence electrons. The smallest absolute Gasteiger partial charge is 0.443 e. The van der Waals surface area contributed by atoms with E-state index in [2.05, 4.69) is 9.99 Å². The summed E-state index contributed by atoms with van der Waals surface area (Å²) in [6, 6.07) is 10.4. The Labute approximate surface area is 127 Å². The SMILES string of the molecule is OC1(C(F)(F)F)ON=C(c2ccc(Cl)o2)C1c1ccccc1. The monoisotopic (exact) mass is 331 g/mol. The Kier molecular flexibility index (Phi) is 3.41. The van der Waals surface area contributed by atoms with Crippen LogP contribution in [0.25, 0.3) is 0 Å². The molecule has 0 bridgehead atoms. The van der Waals surface area contributed by atoms with Gasteiger partial charge in [-0.05, 0) is 29.3 Å². The molecule has 0 saturated carbocycles. The lowest BCUT2D eigenvalue weighted by Crippen LogP contribution is -2.50. The molecular formula is C14H9ClF3NO3. The molecule has 22 heavy (non-hydrogen) atoms. The predicted octanol–water partition coefficient (Wildman–Crippen LogP) is 3.70. The van der Waals surface area contributed by atoms with E-state index in [1.165, 1.54) is 24.3 Å². The standard InChI is InChI=1S/C14H9ClF3NO3/c15-10-7-6-9(21-10)12-11(8-4-2-1-3-5-8)13(20,22-19-12)14(16,17)18/h1-7,11,20H. The lowest BCUT2D eigenvalue weighted by molar-refractivity contribution is -0.361. The van der Waals surface area contributed by atoms with E-state index in [1.54, 1.807) is 18.2 Å². The molecule has 8 heteroatoms. The highest BCUT2D eigenvalue weighted by molar-refractivity contribution is 6.29. The zero-order valence-electron chi connectivity index (χ0n) is 10.8. The van der Waals surface area contributed by atoms with Gasteiger partial charge in [0, 0.05) is 0 Å². The second-order valence-electron chi connectivity index (χ2n) is 4.71. The van der Waals surface area contributed by atoms with Crippen LogP contribution in [0.3, 0.4) is 0 Å². The normalized spacial score (nSPS) is 25.0. The number of oxime groups is 1. The summed E-state index contributed by atoms with van der Waals surface area (Å²) in [6.07, 6.45) is -5.05. The Balaban J connectivity index is 2.12. The first-order valence-electron chi connectivity index (χ1n) is 6.19. The molecule has 1 aliphatic rings. The molecule has 1 aromatic heterocycles. The predicted molar refractivity (Wildman–Crippen MR) is 71.5 cm³/mol. The summed E-state index contributed by atoms with van der Waals surface area (Å²) in [5, 5.41) is 13.4. The molecule has 0 aliphatic carbocycles. The topological polar surface area (TPSA) is 55.0 Å². The third kappa shape index (κ3) is 2.26. The largest absolute Gasteiger partial charge is 0.458 e. The fourth-order valence-electron chi connectivity index (χ4n) is 2.29. The zero-order valence-corrected chi connectivity index (χ0v) is 11.6. The van der Waals surface area contributed by atoms with Gasteiger partial charge in [0.25, 0.3) is 0 Å². The van der Waals surface area contributed by atoms with Crippen molar-refractivity contribution in [2.24, 2.45) is 5.16 Å². The summed E-state index contributed by atoms with van der Waals surface area (Å²) in [4.78, 5) is 4.36. The quantitative estimate of drug-likeness (QED) is 0.913. The van der Waals surface area contributed by atoms with Gasteiger partial charge in [-0.2, -0.15) is 13.2 Å². The minimum atomic E-state index is -5.05. The van der Waals surface area contributed by atoms with Crippen molar-refractivity contribution >= 4 is 17.3 Å². The van der Waals surface area contributed by atoms with Crippen LogP contribution in [0.5, 0.6) is 0 Å². The lowest BCUT2D eigenvalue weighted by Gasteiger charge is -2.29. The number of hydrogen-bond donors (Lipinski definition) is 1. The second kappa shape index (κ2) is 5.03. The molecule has 2 atom stereocenters. The van der Waals surface area contributed by atoms with E-state index >= 15 is 0 Å². The Bertz CT molecular complexity index is 714. The Morgan fingerprint density at radius 1 is 1.14 bits per heavy atom. The number of hydrogen-bond acceptors (Lipinski definition) is 4. The van der Waals surface area contributed by atoms with Gasteiger partial charge in [-0.1, -0.05) is 35.5 Å². The van der Waals surface area contributed by atoms with E-state index in [1.807, 2.05) is 0 Å². The number of nitrogens with zero attached hydrogens (tertiary/aromatic N) is 1. The van der Waals surface area contributed by atoms with Gasteiger partial charge in [-0.15, -0.1) is 0 Å². The number of furan rings is 1. The Hall–Kier alpha value is -1.99. The number of rotatable bonds is 2. The van der Waals surface area contributed by atoms with Gasteiger partial charge in [-0.3, -0.25) is 0 Å². The molecule has 1 N–H and O–H groups in total. The van der Waals surface area contributed by atoms with Crippen LogP contribution in [0.15, 0.2) is 52.0 Å². The Morgan fingerprint density at radius 2 is 1.82 bits per heavy atom. The summed E-state index contributed by atoms with van der Waals surface area (Å²) < 4.78 is 44.9. The van der Waals surface area contributed by atoms with Crippen LogP contribution in [0, 0.1) is 0 Å². The van der Waals surface area contributed by atoms with Crippen LogP contribution < -0.4 is 0 Å². The first-order chi connectivity index (χ1) is 10.3. The van der Waals surface area contributed by atoms with E-state index < -0.39 is 17.9 Å². The number of halogens is 4. The van der Waals surface area contributed by atoms with Crippen molar-refractivity contribution in [1.29, 1.82) is 0 Å². The van der Waals surface area contributed by atoms with Gasteiger partial charge in [-0.25, -0.2) is 0 Å². The van der Waals surface area contributed by atoms with Crippen molar-refractivity contribution in [2.45, 2.75) is 17.9 Å². The van der Waals surface area contributed by atoms with E-state index in [0.717, 1.165) is 0 Å². The third-order valence-corrected chi connectivity index (χ3v) is 3.52. The molecule has 1 aromatic carbocycles. The third-order valence-electron chi connectivity index (χ3n) is 3.31. The average Bonchev–Trinajstić information content (AvgIpc) is 3.03. The summed E-state index contributed by atoms with van der Waals surface area (Å²) in [5.41, 5.74) is 0.00372. The van der Waals surface area contributed by atoms with Crippen LogP contribution in [-0.2, 0) is 4.84 Å². The van der Waals surface area contributed by atoms with Crippen molar-refractivity contribution in [3.63, 3.8) is 0 Å². The number of alkyl halides is 3. The molecule has 3 rings (SSSR count). The molecule has 0 amide bonds. The van der Waals surface area contributed by atoms with E-state index in [0.29, 0.717) is 0 Å². The van der Waals surface area contributed by atoms with Gasteiger partial charge >= 0.3 is 12.0 Å². The number of aliphatic hydroxyl groups is 1. The molecular weight excluding hydrogens is 323 g/mol. The second-order valence-corrected chi connectivity index (χ2v) is 5.08. The zero-order chi connectivity index (χ0) is 16.0. The van der Waals surface area contributed by atoms with Crippen molar-refractivity contribution in [2.75, 3.05) is 0 Å². The highest BCUT2D eigenvalue weighted by Gasteiger charge is 2.67. The van der Waals surface area contributed by atoms with Crippen molar-refractivity contribution in [3.05, 3.63) is 59.0 Å². The fourth-order valence-corrected chi connectivity index (χ4v) is 2.44. The van der Waals surface area contributed by atoms with Gasteiger partial charge < -0.3 is 14.4 Å². The maximum Gasteiger partial charge on any atom is 0.458 e. The van der Waals surface area contributed by atoms with Gasteiger partial charge in [0.2, 0.25) is 0 Å². The molecule has 4 nitrogen and oxygen atoms in total. The first-order valence-corrected chi connectivity index (χ1v) is 6.56. The maximum absolute atomic E-state index is 13.3. The number of benzene rings is 1.